The van der Waals surface area contributed by atoms with Crippen LogP contribution in [0, 0.1) is 6.92 Å². The number of hydrogen-bond acceptors (Lipinski definition) is 2. The lowest BCUT2D eigenvalue weighted by Gasteiger charge is -2.23. The molecule has 1 atom stereocenters. The fourth-order valence-electron chi connectivity index (χ4n) is 2.33. The second-order valence-corrected chi connectivity index (χ2v) is 8.57. The molecular weight excluding hydrogens is 309 g/mol. The SMILES string of the molecule is Cc1ccc(C(Nc2ccc(C(C)(C)C)cc2)P(=O)(O)O)cc1. The van der Waals surface area contributed by atoms with Crippen LogP contribution in [0.5, 0.6) is 0 Å². The summed E-state index contributed by atoms with van der Waals surface area (Å²) in [5.41, 5.74) is 3.52. The molecule has 4 nitrogen and oxygen atoms in total. The minimum Gasteiger partial charge on any atom is -0.368 e. The Balaban J connectivity index is 2.29. The second-order valence-electron chi connectivity index (χ2n) is 6.87. The van der Waals surface area contributed by atoms with Crippen LogP contribution in [0.25, 0.3) is 0 Å². The summed E-state index contributed by atoms with van der Waals surface area (Å²) < 4.78 is 11.9. The van der Waals surface area contributed by atoms with Gasteiger partial charge in [0.2, 0.25) is 0 Å². The van der Waals surface area contributed by atoms with Crippen molar-refractivity contribution in [2.24, 2.45) is 0 Å². The summed E-state index contributed by atoms with van der Waals surface area (Å²) in [5, 5.41) is 2.97. The maximum absolute atomic E-state index is 11.9. The van der Waals surface area contributed by atoms with Crippen LogP contribution < -0.4 is 5.32 Å². The minimum atomic E-state index is -4.33. The molecule has 0 aliphatic rings. The van der Waals surface area contributed by atoms with Gasteiger partial charge in [-0.05, 0) is 35.6 Å². The van der Waals surface area contributed by atoms with E-state index in [-0.39, 0.29) is 5.41 Å². The van der Waals surface area contributed by atoms with Crippen molar-refractivity contribution in [3.63, 3.8) is 0 Å². The highest BCUT2D eigenvalue weighted by Crippen LogP contribution is 2.51. The largest absolute Gasteiger partial charge is 0.368 e. The molecule has 0 saturated carbocycles. The van der Waals surface area contributed by atoms with Gasteiger partial charge in [0, 0.05) is 5.69 Å². The molecule has 0 aliphatic carbocycles. The van der Waals surface area contributed by atoms with Gasteiger partial charge in [-0.1, -0.05) is 62.7 Å². The van der Waals surface area contributed by atoms with Gasteiger partial charge in [0.15, 0.2) is 5.78 Å². The maximum atomic E-state index is 11.9. The van der Waals surface area contributed by atoms with E-state index in [9.17, 15) is 14.4 Å². The van der Waals surface area contributed by atoms with Crippen LogP contribution in [0.2, 0.25) is 0 Å². The van der Waals surface area contributed by atoms with Crippen LogP contribution in [-0.2, 0) is 9.98 Å². The van der Waals surface area contributed by atoms with Crippen LogP contribution in [0.3, 0.4) is 0 Å². The van der Waals surface area contributed by atoms with Gasteiger partial charge in [-0.25, -0.2) is 0 Å². The Morgan fingerprint density at radius 2 is 1.48 bits per heavy atom. The first-order valence-corrected chi connectivity index (χ1v) is 9.24. The third-order valence-corrected chi connectivity index (χ3v) is 4.88. The number of benzene rings is 2. The van der Waals surface area contributed by atoms with E-state index in [1.165, 1.54) is 5.56 Å². The first-order chi connectivity index (χ1) is 10.6. The third-order valence-electron chi connectivity index (χ3n) is 3.78. The van der Waals surface area contributed by atoms with Gasteiger partial charge in [-0.3, -0.25) is 4.57 Å². The normalized spacial score (nSPS) is 13.7. The van der Waals surface area contributed by atoms with E-state index >= 15 is 0 Å². The topological polar surface area (TPSA) is 69.6 Å². The molecule has 0 spiro atoms. The van der Waals surface area contributed by atoms with Crippen molar-refractivity contribution in [3.05, 3.63) is 65.2 Å². The minimum absolute atomic E-state index is 0.0398. The summed E-state index contributed by atoms with van der Waals surface area (Å²) in [7, 11) is -4.33. The van der Waals surface area contributed by atoms with Crippen molar-refractivity contribution in [2.45, 2.75) is 38.9 Å². The maximum Gasteiger partial charge on any atom is 0.352 e. The van der Waals surface area contributed by atoms with E-state index in [2.05, 4.69) is 26.1 Å². The molecule has 124 valence electrons. The van der Waals surface area contributed by atoms with Crippen LogP contribution in [0.15, 0.2) is 48.5 Å². The predicted molar refractivity (Wildman–Crippen MR) is 94.7 cm³/mol. The molecule has 0 bridgehead atoms. The van der Waals surface area contributed by atoms with E-state index in [1.54, 1.807) is 12.1 Å². The second kappa shape index (κ2) is 6.48. The molecule has 2 aromatic carbocycles. The van der Waals surface area contributed by atoms with E-state index in [0.717, 1.165) is 5.56 Å². The number of nitrogens with one attached hydrogen (secondary N) is 1. The monoisotopic (exact) mass is 333 g/mol. The van der Waals surface area contributed by atoms with Gasteiger partial charge >= 0.3 is 7.60 Å². The molecule has 0 saturated heterocycles. The van der Waals surface area contributed by atoms with Gasteiger partial charge in [0.05, 0.1) is 0 Å². The zero-order valence-electron chi connectivity index (χ0n) is 13.9. The molecule has 5 heteroatoms. The fraction of sp³-hybridized carbons (Fsp3) is 0.333. The molecule has 0 radical (unpaired) electrons. The fourth-order valence-corrected chi connectivity index (χ4v) is 3.21. The van der Waals surface area contributed by atoms with Crippen LogP contribution in [0.1, 0.15) is 43.2 Å². The van der Waals surface area contributed by atoms with Crippen molar-refractivity contribution < 1.29 is 14.4 Å². The third kappa shape index (κ3) is 4.68. The summed E-state index contributed by atoms with van der Waals surface area (Å²) in [6, 6.07) is 14.9. The molecule has 23 heavy (non-hydrogen) atoms. The first kappa shape index (κ1) is 17.7. The molecule has 3 N–H and O–H groups in total. The van der Waals surface area contributed by atoms with Crippen molar-refractivity contribution >= 4 is 13.3 Å². The Hall–Kier alpha value is -1.61. The summed E-state index contributed by atoms with van der Waals surface area (Å²) >= 11 is 0. The lowest BCUT2D eigenvalue weighted by Crippen LogP contribution is -2.13. The zero-order chi connectivity index (χ0) is 17.3. The molecule has 0 fully saturated rings. The molecular formula is C18H24NO3P. The van der Waals surface area contributed by atoms with Crippen LogP contribution in [-0.4, -0.2) is 9.79 Å². The smallest absolute Gasteiger partial charge is 0.352 e. The standard InChI is InChI=1S/C18H24NO3P/c1-13-5-7-14(8-6-13)17(23(20,21)22)19-16-11-9-15(10-12-16)18(2,3)4/h5-12,17,19H,1-4H3,(H2,20,21,22). The van der Waals surface area contributed by atoms with E-state index in [4.69, 9.17) is 0 Å². The average Bonchev–Trinajstić information content (AvgIpc) is 2.44. The molecule has 1 unspecified atom stereocenters. The molecule has 0 heterocycles. The van der Waals surface area contributed by atoms with Gasteiger partial charge in [0.25, 0.3) is 0 Å². The van der Waals surface area contributed by atoms with E-state index in [0.29, 0.717) is 11.3 Å². The van der Waals surface area contributed by atoms with E-state index < -0.39 is 13.4 Å². The lowest BCUT2D eigenvalue weighted by atomic mass is 9.87. The van der Waals surface area contributed by atoms with Crippen molar-refractivity contribution in [3.8, 4) is 0 Å². The molecule has 2 aromatic rings. The van der Waals surface area contributed by atoms with Gasteiger partial charge in [0.1, 0.15) is 0 Å². The molecule has 0 aliphatic heterocycles. The van der Waals surface area contributed by atoms with Crippen LogP contribution >= 0.6 is 7.60 Å². The average molecular weight is 333 g/mol. The number of rotatable bonds is 4. The highest BCUT2D eigenvalue weighted by Gasteiger charge is 2.30. The van der Waals surface area contributed by atoms with Gasteiger partial charge in [-0.2, -0.15) is 0 Å². The van der Waals surface area contributed by atoms with Gasteiger partial charge < -0.3 is 15.1 Å². The summed E-state index contributed by atoms with van der Waals surface area (Å²) in [6.45, 7) is 8.31. The van der Waals surface area contributed by atoms with Crippen molar-refractivity contribution in [1.82, 2.24) is 0 Å². The zero-order valence-corrected chi connectivity index (χ0v) is 14.8. The number of anilines is 1. The first-order valence-electron chi connectivity index (χ1n) is 7.56. The Morgan fingerprint density at radius 1 is 0.957 bits per heavy atom. The summed E-state index contributed by atoms with van der Waals surface area (Å²) in [5.74, 6) is -1.05. The summed E-state index contributed by atoms with van der Waals surface area (Å²) in [6.07, 6.45) is 0. The quantitative estimate of drug-likeness (QED) is 0.716. The molecule has 0 amide bonds. The van der Waals surface area contributed by atoms with Gasteiger partial charge in [-0.15, -0.1) is 0 Å². The highest BCUT2D eigenvalue weighted by molar-refractivity contribution is 7.52. The molecule has 0 aromatic heterocycles. The predicted octanol–water partition coefficient (Wildman–Crippen LogP) is 4.58. The summed E-state index contributed by atoms with van der Waals surface area (Å²) in [4.78, 5) is 19.4. The lowest BCUT2D eigenvalue weighted by molar-refractivity contribution is 0.363. The Labute approximate surface area is 137 Å². The van der Waals surface area contributed by atoms with E-state index in [1.807, 2.05) is 43.3 Å². The number of aryl methyl sites for hydroxylation is 1. The van der Waals surface area contributed by atoms with Crippen molar-refractivity contribution in [2.75, 3.05) is 5.32 Å². The Morgan fingerprint density at radius 3 is 1.91 bits per heavy atom. The Kier molecular flexibility index (Phi) is 5.00. The van der Waals surface area contributed by atoms with Crippen molar-refractivity contribution in [1.29, 1.82) is 0 Å². The highest BCUT2D eigenvalue weighted by atomic mass is 31.2. The Bertz CT molecular complexity index is 697. The van der Waals surface area contributed by atoms with Crippen LogP contribution in [0.4, 0.5) is 5.69 Å². The number of hydrogen-bond donors (Lipinski definition) is 3. The molecule has 2 rings (SSSR count).